The Hall–Kier alpha value is -4.47. The van der Waals surface area contributed by atoms with Gasteiger partial charge in [-0.3, -0.25) is 19.7 Å². The average molecular weight is 450 g/mol. The van der Waals surface area contributed by atoms with E-state index in [0.717, 1.165) is 16.5 Å². The van der Waals surface area contributed by atoms with E-state index in [-0.39, 0.29) is 23.5 Å². The van der Waals surface area contributed by atoms with E-state index in [2.05, 4.69) is 10.3 Å². The second kappa shape index (κ2) is 10.2. The Morgan fingerprint density at radius 2 is 1.79 bits per heavy atom. The lowest BCUT2D eigenvalue weighted by atomic mass is 10.1. The van der Waals surface area contributed by atoms with E-state index in [0.29, 0.717) is 17.3 Å². The van der Waals surface area contributed by atoms with Gasteiger partial charge in [-0.2, -0.15) is 0 Å². The Bertz CT molecular complexity index is 1180. The van der Waals surface area contributed by atoms with Gasteiger partial charge in [0, 0.05) is 25.4 Å². The minimum atomic E-state index is -0.616. The van der Waals surface area contributed by atoms with Gasteiger partial charge in [-0.15, -0.1) is 0 Å². The van der Waals surface area contributed by atoms with Crippen molar-refractivity contribution >= 4 is 23.3 Å². The number of non-ortho nitro benzene ring substituents is 1. The average Bonchev–Trinajstić information content (AvgIpc) is 2.79. The van der Waals surface area contributed by atoms with Crippen LogP contribution in [0.4, 0.5) is 11.5 Å². The minimum absolute atomic E-state index is 0.0519. The summed E-state index contributed by atoms with van der Waals surface area (Å²) in [6.07, 6.45) is 1.56. The molecule has 0 aliphatic heterocycles. The number of pyridine rings is 1. The maximum absolute atomic E-state index is 13.1. The van der Waals surface area contributed by atoms with Crippen molar-refractivity contribution < 1.29 is 24.0 Å². The Morgan fingerprint density at radius 1 is 1.09 bits per heavy atom. The second-order valence-electron chi connectivity index (χ2n) is 7.14. The van der Waals surface area contributed by atoms with Gasteiger partial charge in [-0.1, -0.05) is 0 Å². The molecule has 0 aliphatic rings. The van der Waals surface area contributed by atoms with Crippen LogP contribution in [-0.4, -0.2) is 47.3 Å². The molecule has 0 atom stereocenters. The molecule has 0 aliphatic carbocycles. The first-order valence-electron chi connectivity index (χ1n) is 9.85. The molecule has 0 bridgehead atoms. The molecule has 0 fully saturated rings. The molecule has 0 radical (unpaired) electrons. The Labute approximate surface area is 189 Å². The molecule has 3 aromatic rings. The number of amides is 2. The van der Waals surface area contributed by atoms with Crippen LogP contribution in [0.2, 0.25) is 0 Å². The maximum Gasteiger partial charge on any atom is 0.270 e. The molecule has 1 aromatic heterocycles. The molecular weight excluding hydrogens is 428 g/mol. The number of likely N-dealkylation sites (N-methyl/N-ethyl adjacent to an activating group) is 1. The van der Waals surface area contributed by atoms with E-state index in [1.165, 1.54) is 26.3 Å². The highest BCUT2D eigenvalue weighted by Crippen LogP contribution is 2.30. The Kier molecular flexibility index (Phi) is 7.19. The number of hydrogen-bond donors (Lipinski definition) is 1. The number of carbonyl (C=O) groups is 2. The molecule has 2 amide bonds. The lowest BCUT2D eigenvalue weighted by Crippen LogP contribution is -2.35. The molecule has 1 N–H and O–H groups in total. The van der Waals surface area contributed by atoms with Gasteiger partial charge < -0.3 is 19.7 Å². The van der Waals surface area contributed by atoms with Crippen molar-refractivity contribution in [1.29, 1.82) is 0 Å². The third kappa shape index (κ3) is 6.03. The number of aryl methyl sites for hydroxylation is 1. The summed E-state index contributed by atoms with van der Waals surface area (Å²) >= 11 is 0. The number of benzene rings is 2. The molecule has 0 spiro atoms. The van der Waals surface area contributed by atoms with Crippen molar-refractivity contribution in [1.82, 2.24) is 9.88 Å². The number of methoxy groups -OCH3 is 1. The van der Waals surface area contributed by atoms with Crippen LogP contribution in [-0.2, 0) is 4.79 Å². The standard InChI is InChI=1S/C23H22N4O6/c1-15-10-11-24-21(12-15)25-22(28)14-26(2)23(29)19-13-16(27(30)31)4-9-20(19)33-18-7-5-17(32-3)6-8-18/h4-13H,14H2,1-3H3,(H,24,25,28). The number of nitro groups is 1. The van der Waals surface area contributed by atoms with Crippen molar-refractivity contribution in [2.45, 2.75) is 6.92 Å². The largest absolute Gasteiger partial charge is 0.497 e. The predicted octanol–water partition coefficient (Wildman–Crippen LogP) is 3.81. The van der Waals surface area contributed by atoms with Crippen molar-refractivity contribution in [3.63, 3.8) is 0 Å². The Balaban J connectivity index is 1.80. The summed E-state index contributed by atoms with van der Waals surface area (Å²) in [6, 6.07) is 13.8. The van der Waals surface area contributed by atoms with Crippen molar-refractivity contribution in [3.05, 3.63) is 82.0 Å². The third-order valence-electron chi connectivity index (χ3n) is 4.60. The number of nitrogens with one attached hydrogen (secondary N) is 1. The quantitative estimate of drug-likeness (QED) is 0.409. The fourth-order valence-electron chi connectivity index (χ4n) is 2.94. The monoisotopic (exact) mass is 450 g/mol. The zero-order valence-corrected chi connectivity index (χ0v) is 18.3. The predicted molar refractivity (Wildman–Crippen MR) is 121 cm³/mol. The molecule has 2 aromatic carbocycles. The Morgan fingerprint density at radius 3 is 2.42 bits per heavy atom. The molecule has 0 saturated carbocycles. The van der Waals surface area contributed by atoms with Crippen LogP contribution >= 0.6 is 0 Å². The number of rotatable bonds is 8. The van der Waals surface area contributed by atoms with Crippen molar-refractivity contribution in [3.8, 4) is 17.2 Å². The van der Waals surface area contributed by atoms with Gasteiger partial charge in [-0.05, 0) is 55.0 Å². The second-order valence-corrected chi connectivity index (χ2v) is 7.14. The summed E-state index contributed by atoms with van der Waals surface area (Å²) in [5.74, 6) is 0.422. The zero-order chi connectivity index (χ0) is 24.0. The van der Waals surface area contributed by atoms with Gasteiger partial charge in [0.15, 0.2) is 0 Å². The van der Waals surface area contributed by atoms with Gasteiger partial charge in [0.1, 0.15) is 23.1 Å². The van der Waals surface area contributed by atoms with Gasteiger partial charge in [-0.25, -0.2) is 4.98 Å². The number of aromatic nitrogens is 1. The normalized spacial score (nSPS) is 10.3. The van der Waals surface area contributed by atoms with Crippen LogP contribution in [0.25, 0.3) is 0 Å². The lowest BCUT2D eigenvalue weighted by Gasteiger charge is -2.19. The number of nitro benzene ring substituents is 1. The van der Waals surface area contributed by atoms with E-state index >= 15 is 0 Å². The first-order valence-corrected chi connectivity index (χ1v) is 9.85. The minimum Gasteiger partial charge on any atom is -0.497 e. The first kappa shape index (κ1) is 23.2. The van der Waals surface area contributed by atoms with Crippen LogP contribution in [0.15, 0.2) is 60.8 Å². The molecule has 10 nitrogen and oxygen atoms in total. The highest BCUT2D eigenvalue weighted by Gasteiger charge is 2.23. The van der Waals surface area contributed by atoms with Crippen molar-refractivity contribution in [2.75, 3.05) is 26.0 Å². The van der Waals surface area contributed by atoms with Crippen LogP contribution in [0, 0.1) is 17.0 Å². The highest BCUT2D eigenvalue weighted by atomic mass is 16.6. The summed E-state index contributed by atoms with van der Waals surface area (Å²) in [7, 11) is 2.95. The number of anilines is 1. The molecule has 170 valence electrons. The molecule has 0 unspecified atom stereocenters. The molecule has 0 saturated heterocycles. The smallest absolute Gasteiger partial charge is 0.270 e. The summed E-state index contributed by atoms with van der Waals surface area (Å²) in [5, 5.41) is 13.9. The lowest BCUT2D eigenvalue weighted by molar-refractivity contribution is -0.384. The van der Waals surface area contributed by atoms with Crippen LogP contribution < -0.4 is 14.8 Å². The summed E-state index contributed by atoms with van der Waals surface area (Å²) in [6.45, 7) is 1.57. The molecule has 33 heavy (non-hydrogen) atoms. The number of carbonyl (C=O) groups excluding carboxylic acids is 2. The summed E-state index contributed by atoms with van der Waals surface area (Å²) in [4.78, 5) is 41.3. The topological polar surface area (TPSA) is 124 Å². The zero-order valence-electron chi connectivity index (χ0n) is 18.3. The van der Waals surface area contributed by atoms with Gasteiger partial charge in [0.25, 0.3) is 11.6 Å². The van der Waals surface area contributed by atoms with E-state index in [9.17, 15) is 19.7 Å². The molecular formula is C23H22N4O6. The van der Waals surface area contributed by atoms with Crippen molar-refractivity contribution in [2.24, 2.45) is 0 Å². The maximum atomic E-state index is 13.1. The van der Waals surface area contributed by atoms with E-state index < -0.39 is 16.7 Å². The number of hydrogen-bond acceptors (Lipinski definition) is 7. The van der Waals surface area contributed by atoms with Crippen LogP contribution in [0.5, 0.6) is 17.2 Å². The van der Waals surface area contributed by atoms with E-state index in [1.54, 1.807) is 42.6 Å². The highest BCUT2D eigenvalue weighted by molar-refractivity contribution is 6.01. The molecule has 10 heteroatoms. The summed E-state index contributed by atoms with van der Waals surface area (Å²) in [5.41, 5.74) is 0.591. The number of ether oxygens (including phenoxy) is 2. The van der Waals surface area contributed by atoms with Gasteiger partial charge >= 0.3 is 0 Å². The fraction of sp³-hybridized carbons (Fsp3) is 0.174. The SMILES string of the molecule is COc1ccc(Oc2ccc([N+](=O)[O-])cc2C(=O)N(C)CC(=O)Nc2cc(C)ccn2)cc1. The number of nitrogens with zero attached hydrogens (tertiary/aromatic N) is 3. The first-order chi connectivity index (χ1) is 15.8. The van der Waals surface area contributed by atoms with Crippen LogP contribution in [0.1, 0.15) is 15.9 Å². The third-order valence-corrected chi connectivity index (χ3v) is 4.60. The molecule has 1 heterocycles. The van der Waals surface area contributed by atoms with Gasteiger partial charge in [0.05, 0.1) is 24.1 Å². The van der Waals surface area contributed by atoms with Crippen LogP contribution in [0.3, 0.4) is 0 Å². The van der Waals surface area contributed by atoms with E-state index in [4.69, 9.17) is 9.47 Å². The fourth-order valence-corrected chi connectivity index (χ4v) is 2.94. The molecule has 3 rings (SSSR count). The van der Waals surface area contributed by atoms with E-state index in [1.807, 2.05) is 6.92 Å². The summed E-state index contributed by atoms with van der Waals surface area (Å²) < 4.78 is 10.9. The van der Waals surface area contributed by atoms with Gasteiger partial charge in [0.2, 0.25) is 5.91 Å².